The van der Waals surface area contributed by atoms with Gasteiger partial charge in [-0.25, -0.2) is 13.2 Å². The molecule has 1 amide bonds. The molecule has 0 radical (unpaired) electrons. The Morgan fingerprint density at radius 3 is 2.33 bits per heavy atom. The predicted octanol–water partition coefficient (Wildman–Crippen LogP) is 3.21. The highest BCUT2D eigenvalue weighted by atomic mass is 32.2. The van der Waals surface area contributed by atoms with Gasteiger partial charge in [-0.3, -0.25) is 4.79 Å². The van der Waals surface area contributed by atoms with Crippen molar-refractivity contribution in [3.63, 3.8) is 0 Å². The molecule has 3 fully saturated rings. The number of amides is 1. The van der Waals surface area contributed by atoms with Gasteiger partial charge in [-0.05, 0) is 55.7 Å². The molecule has 0 aromatic heterocycles. The third-order valence-corrected chi connectivity index (χ3v) is 8.62. The van der Waals surface area contributed by atoms with Gasteiger partial charge in [0, 0.05) is 12.0 Å². The fourth-order valence-electron chi connectivity index (χ4n) is 4.10. The topological polar surface area (TPSA) is 91.8 Å². The Kier molecular flexibility index (Phi) is 4.72. The minimum Gasteiger partial charge on any atom is -0.480 e. The minimum atomic E-state index is -4.87. The predicted molar refractivity (Wildman–Crippen MR) is 99.5 cm³/mol. The fraction of sp³-hybridized carbons (Fsp3) is 0.600. The van der Waals surface area contributed by atoms with Crippen molar-refractivity contribution >= 4 is 21.7 Å². The maximum Gasteiger partial charge on any atom is 0.417 e. The third-order valence-electron chi connectivity index (χ3n) is 6.43. The van der Waals surface area contributed by atoms with Crippen LogP contribution in [0.5, 0.6) is 0 Å². The molecule has 3 aliphatic rings. The number of halogens is 3. The van der Waals surface area contributed by atoms with E-state index < -0.39 is 68.0 Å². The van der Waals surface area contributed by atoms with Gasteiger partial charge in [0.05, 0.1) is 15.7 Å². The highest BCUT2D eigenvalue weighted by molar-refractivity contribution is 7.92. The van der Waals surface area contributed by atoms with Crippen LogP contribution >= 0.6 is 0 Å². The van der Waals surface area contributed by atoms with Crippen LogP contribution in [0.25, 0.3) is 0 Å². The molecule has 1 heterocycles. The molecular formula is C20H22F3NO5S. The molecule has 2 atom stereocenters. The second kappa shape index (κ2) is 6.70. The largest absolute Gasteiger partial charge is 0.480 e. The summed E-state index contributed by atoms with van der Waals surface area (Å²) < 4.78 is 67.4. The van der Waals surface area contributed by atoms with Crippen molar-refractivity contribution in [2.24, 2.45) is 5.41 Å². The van der Waals surface area contributed by atoms with Gasteiger partial charge in [0.25, 0.3) is 0 Å². The number of hydrogen-bond donors (Lipinski definition) is 1. The van der Waals surface area contributed by atoms with E-state index in [1.54, 1.807) is 6.92 Å². The van der Waals surface area contributed by atoms with Crippen molar-refractivity contribution in [2.75, 3.05) is 6.54 Å². The number of hydrogen-bond acceptors (Lipinski definition) is 4. The van der Waals surface area contributed by atoms with Crippen molar-refractivity contribution in [1.29, 1.82) is 0 Å². The highest BCUT2D eigenvalue weighted by Crippen LogP contribution is 2.48. The molecular weight excluding hydrogens is 423 g/mol. The van der Waals surface area contributed by atoms with Gasteiger partial charge in [-0.2, -0.15) is 13.2 Å². The maximum atomic E-state index is 13.7. The molecule has 164 valence electrons. The van der Waals surface area contributed by atoms with Crippen LogP contribution < -0.4 is 0 Å². The van der Waals surface area contributed by atoms with E-state index in [2.05, 4.69) is 0 Å². The number of carboxylic acid groups (broad SMARTS) is 1. The van der Waals surface area contributed by atoms with E-state index in [-0.39, 0.29) is 5.92 Å². The van der Waals surface area contributed by atoms with Crippen LogP contribution in [0.15, 0.2) is 23.1 Å². The number of aliphatic carboxylic acids is 1. The molecule has 0 bridgehead atoms. The summed E-state index contributed by atoms with van der Waals surface area (Å²) in [6.07, 6.45) is -2.61. The first-order chi connectivity index (χ1) is 13.8. The molecule has 0 unspecified atom stereocenters. The summed E-state index contributed by atoms with van der Waals surface area (Å²) >= 11 is 0. The first kappa shape index (κ1) is 21.1. The average Bonchev–Trinajstić information content (AvgIpc) is 3.58. The number of nitrogens with zero attached hydrogens (tertiary/aromatic N) is 1. The van der Waals surface area contributed by atoms with Crippen molar-refractivity contribution < 1.29 is 36.3 Å². The number of benzene rings is 1. The molecule has 2 saturated carbocycles. The molecule has 1 N–H and O–H groups in total. The van der Waals surface area contributed by atoms with E-state index in [0.29, 0.717) is 18.4 Å². The first-order valence-electron chi connectivity index (χ1n) is 9.83. The molecule has 4 rings (SSSR count). The standard InChI is InChI=1S/C20H22F3NO5S/c1-19(6-7-19)18(27)24-10-13(9-15(24)17(25)26)30(28,29)16-5-4-12(11-2-3-11)8-14(16)20(21,22)23/h4-5,8,11,13,15H,2-3,6-7,9-10H2,1H3,(H,25,26)/t13-,15+/m1/s1. The lowest BCUT2D eigenvalue weighted by molar-refractivity contribution is -0.150. The van der Waals surface area contributed by atoms with Gasteiger partial charge < -0.3 is 10.0 Å². The first-order valence-corrected chi connectivity index (χ1v) is 11.4. The van der Waals surface area contributed by atoms with Gasteiger partial charge in [0.2, 0.25) is 5.91 Å². The summed E-state index contributed by atoms with van der Waals surface area (Å²) in [7, 11) is -4.51. The average molecular weight is 445 g/mol. The molecule has 10 heteroatoms. The van der Waals surface area contributed by atoms with E-state index in [4.69, 9.17) is 0 Å². The van der Waals surface area contributed by atoms with E-state index in [1.807, 2.05) is 0 Å². The Hall–Kier alpha value is -2.10. The van der Waals surface area contributed by atoms with Crippen LogP contribution in [0.1, 0.15) is 56.1 Å². The third kappa shape index (κ3) is 3.59. The lowest BCUT2D eigenvalue weighted by Gasteiger charge is -2.24. The zero-order valence-electron chi connectivity index (χ0n) is 16.3. The Bertz CT molecular complexity index is 1010. The lowest BCUT2D eigenvalue weighted by atomic mass is 10.1. The van der Waals surface area contributed by atoms with Crippen molar-refractivity contribution in [3.8, 4) is 0 Å². The summed E-state index contributed by atoms with van der Waals surface area (Å²) in [5, 5.41) is 8.09. The second-order valence-electron chi connectivity index (χ2n) is 8.80. The zero-order chi connectivity index (χ0) is 22.1. The molecule has 0 spiro atoms. The normalized spacial score (nSPS) is 25.9. The summed E-state index contributed by atoms with van der Waals surface area (Å²) in [5.41, 5.74) is -1.48. The molecule has 1 aromatic rings. The number of carboxylic acids is 1. The maximum absolute atomic E-state index is 13.7. The molecule has 1 aromatic carbocycles. The van der Waals surface area contributed by atoms with Gasteiger partial charge >= 0.3 is 12.1 Å². The van der Waals surface area contributed by atoms with Crippen molar-refractivity contribution in [2.45, 2.75) is 67.3 Å². The van der Waals surface area contributed by atoms with Crippen LogP contribution in [-0.2, 0) is 25.6 Å². The number of carbonyl (C=O) groups is 2. The van der Waals surface area contributed by atoms with E-state index in [1.165, 1.54) is 6.07 Å². The Balaban J connectivity index is 1.70. The molecule has 6 nitrogen and oxygen atoms in total. The van der Waals surface area contributed by atoms with Crippen LogP contribution in [0.3, 0.4) is 0 Å². The Labute approximate surface area is 172 Å². The number of rotatable bonds is 5. The van der Waals surface area contributed by atoms with Crippen LogP contribution in [0.2, 0.25) is 0 Å². The fourth-order valence-corrected chi connectivity index (χ4v) is 5.99. The summed E-state index contributed by atoms with van der Waals surface area (Å²) in [4.78, 5) is 24.5. The van der Waals surface area contributed by atoms with Gasteiger partial charge in [-0.1, -0.05) is 13.0 Å². The monoisotopic (exact) mass is 445 g/mol. The van der Waals surface area contributed by atoms with Gasteiger partial charge in [-0.15, -0.1) is 0 Å². The van der Waals surface area contributed by atoms with Gasteiger partial charge in [0.15, 0.2) is 9.84 Å². The second-order valence-corrected chi connectivity index (χ2v) is 11.0. The SMILES string of the molecule is CC1(C(=O)N2C[C@H](S(=O)(=O)c3ccc(C4CC4)cc3C(F)(F)F)C[C@H]2C(=O)O)CC1. The van der Waals surface area contributed by atoms with E-state index in [9.17, 15) is 36.3 Å². The Morgan fingerprint density at radius 2 is 1.83 bits per heavy atom. The van der Waals surface area contributed by atoms with E-state index >= 15 is 0 Å². The number of sulfone groups is 1. The van der Waals surface area contributed by atoms with Crippen molar-refractivity contribution in [1.82, 2.24) is 4.90 Å². The summed E-state index contributed by atoms with van der Waals surface area (Å²) in [5.74, 6) is -1.80. The van der Waals surface area contributed by atoms with Gasteiger partial charge in [0.1, 0.15) is 6.04 Å². The van der Waals surface area contributed by atoms with Crippen LogP contribution in [0.4, 0.5) is 13.2 Å². The van der Waals surface area contributed by atoms with Crippen LogP contribution in [0, 0.1) is 5.41 Å². The molecule has 1 aliphatic heterocycles. The van der Waals surface area contributed by atoms with E-state index in [0.717, 1.165) is 29.9 Å². The number of likely N-dealkylation sites (tertiary alicyclic amines) is 1. The molecule has 2 aliphatic carbocycles. The zero-order valence-corrected chi connectivity index (χ0v) is 17.1. The number of alkyl halides is 3. The minimum absolute atomic E-state index is 0.0122. The number of carbonyl (C=O) groups excluding carboxylic acids is 1. The van der Waals surface area contributed by atoms with Crippen molar-refractivity contribution in [3.05, 3.63) is 29.3 Å². The molecule has 1 saturated heterocycles. The quantitative estimate of drug-likeness (QED) is 0.752. The summed E-state index contributed by atoms with van der Waals surface area (Å²) in [6.45, 7) is 1.25. The highest BCUT2D eigenvalue weighted by Gasteiger charge is 2.54. The molecule has 30 heavy (non-hydrogen) atoms. The smallest absolute Gasteiger partial charge is 0.417 e. The lowest BCUT2D eigenvalue weighted by Crippen LogP contribution is -2.44. The van der Waals surface area contributed by atoms with Crippen LogP contribution in [-0.4, -0.2) is 48.1 Å². The summed E-state index contributed by atoms with van der Waals surface area (Å²) in [6, 6.07) is 1.91. The Morgan fingerprint density at radius 1 is 1.20 bits per heavy atom.